The second kappa shape index (κ2) is 8.89. The Morgan fingerprint density at radius 1 is 1.16 bits per heavy atom. The lowest BCUT2D eigenvalue weighted by Gasteiger charge is -2.13. The molecule has 0 aliphatic heterocycles. The van der Waals surface area contributed by atoms with E-state index in [1.807, 2.05) is 13.0 Å². The van der Waals surface area contributed by atoms with Gasteiger partial charge in [0.1, 0.15) is 5.75 Å². The number of halogens is 4. The van der Waals surface area contributed by atoms with Crippen LogP contribution in [0.3, 0.4) is 0 Å². The fraction of sp³-hybridized carbons (Fsp3) is 0.238. The zero-order chi connectivity index (χ0) is 22.8. The van der Waals surface area contributed by atoms with Gasteiger partial charge in [0.15, 0.2) is 0 Å². The van der Waals surface area contributed by atoms with Gasteiger partial charge < -0.3 is 19.2 Å². The Morgan fingerprint density at radius 2 is 1.90 bits per heavy atom. The van der Waals surface area contributed by atoms with Crippen LogP contribution >= 0.6 is 11.6 Å². The van der Waals surface area contributed by atoms with Crippen molar-refractivity contribution in [3.63, 3.8) is 0 Å². The summed E-state index contributed by atoms with van der Waals surface area (Å²) in [5.41, 5.74) is 2.22. The number of nitrogens with one attached hydrogen (secondary N) is 2. The van der Waals surface area contributed by atoms with Crippen LogP contribution in [0, 0.1) is 12.3 Å². The highest BCUT2D eigenvalue weighted by Gasteiger charge is 2.31. The van der Waals surface area contributed by atoms with E-state index >= 15 is 0 Å². The van der Waals surface area contributed by atoms with Gasteiger partial charge in [-0.3, -0.25) is 10.2 Å². The molecule has 0 saturated carbocycles. The summed E-state index contributed by atoms with van der Waals surface area (Å²) < 4.78 is 45.4. The maximum absolute atomic E-state index is 12.8. The number of alkyl halides is 3. The average Bonchev–Trinajstić information content (AvgIpc) is 2.99. The number of nitrogens with zero attached hydrogens (tertiary/aromatic N) is 2. The van der Waals surface area contributed by atoms with Gasteiger partial charge >= 0.3 is 6.36 Å². The molecule has 0 bridgehead atoms. The van der Waals surface area contributed by atoms with E-state index < -0.39 is 18.0 Å². The average molecular weight is 453 g/mol. The largest absolute Gasteiger partial charge is 0.573 e. The Morgan fingerprint density at radius 3 is 2.52 bits per heavy atom. The highest BCUT2D eigenvalue weighted by Crippen LogP contribution is 2.25. The Labute approximate surface area is 181 Å². The van der Waals surface area contributed by atoms with Gasteiger partial charge in [0.2, 0.25) is 5.62 Å². The monoisotopic (exact) mass is 452 g/mol. The molecule has 0 fully saturated rings. The molecule has 0 saturated heterocycles. The van der Waals surface area contributed by atoms with Crippen LogP contribution in [0.15, 0.2) is 48.8 Å². The molecular weight excluding hydrogens is 433 g/mol. The van der Waals surface area contributed by atoms with Crippen LogP contribution in [0.5, 0.6) is 5.75 Å². The number of rotatable bonds is 6. The number of imidazole rings is 1. The highest BCUT2D eigenvalue weighted by molar-refractivity contribution is 6.31. The molecule has 10 heteroatoms. The molecule has 6 nitrogen and oxygen atoms in total. The predicted octanol–water partition coefficient (Wildman–Crippen LogP) is 4.14. The van der Waals surface area contributed by atoms with E-state index in [0.717, 1.165) is 17.2 Å². The smallest absolute Gasteiger partial charge is 0.406 e. The van der Waals surface area contributed by atoms with Crippen molar-refractivity contribution in [1.29, 1.82) is 5.41 Å². The number of amides is 1. The molecular formula is C21H20ClF3N4O2. The first kappa shape index (κ1) is 22.5. The van der Waals surface area contributed by atoms with Crippen molar-refractivity contribution in [3.8, 4) is 5.75 Å². The van der Waals surface area contributed by atoms with Crippen LogP contribution in [-0.2, 0) is 20.1 Å². The van der Waals surface area contributed by atoms with Crippen molar-refractivity contribution >= 4 is 17.5 Å². The molecule has 3 rings (SSSR count). The third-order valence-electron chi connectivity index (χ3n) is 4.57. The number of ether oxygens (including phenoxy) is 1. The summed E-state index contributed by atoms with van der Waals surface area (Å²) in [5, 5.41) is 11.3. The lowest BCUT2D eigenvalue weighted by atomic mass is 10.1. The standard InChI is InChI=1S/C21H20ClF3N4O2/c1-13-7-14(3-4-18(13)22)11-27-19(30)16-8-15(9-17(10-16)31-21(23,24)25)12-29-6-5-28(2)20(29)26/h3-10,26H,11-12H2,1-2H3,(H,27,30). The van der Waals surface area contributed by atoms with Gasteiger partial charge in [0, 0.05) is 36.6 Å². The quantitative estimate of drug-likeness (QED) is 0.590. The molecule has 3 aromatic rings. The molecule has 0 spiro atoms. The van der Waals surface area contributed by atoms with Gasteiger partial charge in [-0.1, -0.05) is 23.7 Å². The molecule has 0 radical (unpaired) electrons. The van der Waals surface area contributed by atoms with E-state index in [-0.39, 0.29) is 24.3 Å². The number of hydrogen-bond donors (Lipinski definition) is 2. The number of hydrogen-bond acceptors (Lipinski definition) is 3. The maximum atomic E-state index is 12.8. The van der Waals surface area contributed by atoms with Crippen LogP contribution in [0.2, 0.25) is 5.02 Å². The Hall–Kier alpha value is -3.20. The number of aromatic nitrogens is 2. The van der Waals surface area contributed by atoms with Gasteiger partial charge in [0.05, 0.1) is 6.54 Å². The fourth-order valence-electron chi connectivity index (χ4n) is 3.03. The van der Waals surface area contributed by atoms with Gasteiger partial charge in [-0.15, -0.1) is 13.2 Å². The molecule has 0 aliphatic rings. The lowest BCUT2D eigenvalue weighted by molar-refractivity contribution is -0.274. The summed E-state index contributed by atoms with van der Waals surface area (Å²) in [6.45, 7) is 2.12. The molecule has 1 heterocycles. The zero-order valence-corrected chi connectivity index (χ0v) is 17.5. The number of aryl methyl sites for hydroxylation is 2. The van der Waals surface area contributed by atoms with Gasteiger partial charge in [-0.2, -0.15) is 0 Å². The molecule has 0 unspecified atom stereocenters. The minimum atomic E-state index is -4.90. The molecule has 2 aromatic carbocycles. The number of benzene rings is 2. The second-order valence-electron chi connectivity index (χ2n) is 7.04. The summed E-state index contributed by atoms with van der Waals surface area (Å²) in [5.74, 6) is -1.05. The topological polar surface area (TPSA) is 72.0 Å². The van der Waals surface area contributed by atoms with E-state index in [4.69, 9.17) is 17.0 Å². The van der Waals surface area contributed by atoms with E-state index in [9.17, 15) is 18.0 Å². The van der Waals surface area contributed by atoms with Crippen molar-refractivity contribution < 1.29 is 22.7 Å². The Balaban J connectivity index is 1.85. The highest BCUT2D eigenvalue weighted by atomic mass is 35.5. The third kappa shape index (κ3) is 5.91. The minimum absolute atomic E-state index is 0.0190. The maximum Gasteiger partial charge on any atom is 0.573 e. The first-order valence-corrected chi connectivity index (χ1v) is 9.59. The van der Waals surface area contributed by atoms with E-state index in [1.165, 1.54) is 16.7 Å². The van der Waals surface area contributed by atoms with Gasteiger partial charge in [-0.05, 0) is 47.9 Å². The molecule has 1 amide bonds. The second-order valence-corrected chi connectivity index (χ2v) is 7.45. The third-order valence-corrected chi connectivity index (χ3v) is 4.99. The summed E-state index contributed by atoms with van der Waals surface area (Å²) in [7, 11) is 1.68. The molecule has 1 aromatic heterocycles. The van der Waals surface area contributed by atoms with Crippen molar-refractivity contribution in [1.82, 2.24) is 14.5 Å². The summed E-state index contributed by atoms with van der Waals surface area (Å²) >= 11 is 6.00. The van der Waals surface area contributed by atoms with Crippen LogP contribution in [-0.4, -0.2) is 21.4 Å². The van der Waals surface area contributed by atoms with Crippen molar-refractivity contribution in [2.24, 2.45) is 7.05 Å². The van der Waals surface area contributed by atoms with Crippen LogP contribution in [0.25, 0.3) is 0 Å². The van der Waals surface area contributed by atoms with Gasteiger partial charge in [0.25, 0.3) is 5.91 Å². The first-order chi connectivity index (χ1) is 14.5. The van der Waals surface area contributed by atoms with Crippen LogP contribution in [0.4, 0.5) is 13.2 Å². The molecule has 2 N–H and O–H groups in total. The lowest BCUT2D eigenvalue weighted by Crippen LogP contribution is -2.25. The minimum Gasteiger partial charge on any atom is -0.406 e. The Bertz CT molecular complexity index is 1170. The summed E-state index contributed by atoms with van der Waals surface area (Å²) in [6, 6.07) is 9.00. The van der Waals surface area contributed by atoms with Crippen molar-refractivity contribution in [2.75, 3.05) is 0 Å². The van der Waals surface area contributed by atoms with Crippen LogP contribution in [0.1, 0.15) is 27.0 Å². The molecule has 0 atom stereocenters. The van der Waals surface area contributed by atoms with E-state index in [0.29, 0.717) is 10.6 Å². The summed E-state index contributed by atoms with van der Waals surface area (Å²) in [6.07, 6.45) is -1.62. The van der Waals surface area contributed by atoms with Crippen molar-refractivity contribution in [2.45, 2.75) is 26.4 Å². The molecule has 164 valence electrons. The SMILES string of the molecule is Cc1cc(CNC(=O)c2cc(Cn3ccn(C)c3=N)cc(OC(F)(F)F)c2)ccc1Cl. The molecule has 31 heavy (non-hydrogen) atoms. The predicted molar refractivity (Wildman–Crippen MR) is 109 cm³/mol. The number of carbonyl (C=O) groups excluding carboxylic acids is 1. The zero-order valence-electron chi connectivity index (χ0n) is 16.8. The first-order valence-electron chi connectivity index (χ1n) is 9.21. The van der Waals surface area contributed by atoms with Crippen molar-refractivity contribution in [3.05, 3.63) is 81.7 Å². The molecule has 0 aliphatic carbocycles. The fourth-order valence-corrected chi connectivity index (χ4v) is 3.14. The van der Waals surface area contributed by atoms with E-state index in [2.05, 4.69) is 10.1 Å². The van der Waals surface area contributed by atoms with Crippen LogP contribution < -0.4 is 15.7 Å². The Kier molecular flexibility index (Phi) is 6.45. The number of carbonyl (C=O) groups is 1. The normalized spacial score (nSPS) is 11.4. The van der Waals surface area contributed by atoms with Gasteiger partial charge in [-0.25, -0.2) is 0 Å². The van der Waals surface area contributed by atoms with E-state index in [1.54, 1.807) is 36.1 Å². The summed E-state index contributed by atoms with van der Waals surface area (Å²) in [4.78, 5) is 12.6.